The summed E-state index contributed by atoms with van der Waals surface area (Å²) in [6.45, 7) is 1.97. The van der Waals surface area contributed by atoms with Crippen molar-refractivity contribution in [2.75, 3.05) is 0 Å². The molecule has 4 heteroatoms. The number of halogens is 2. The second-order valence-corrected chi connectivity index (χ2v) is 6.98. The Balaban J connectivity index is 2.01. The average molecular weight is 375 g/mol. The van der Waals surface area contributed by atoms with Gasteiger partial charge in [-0.2, -0.15) is 0 Å². The van der Waals surface area contributed by atoms with Crippen LogP contribution in [0.5, 0.6) is 0 Å². The standard InChI is InChI=1S/C14H17Br2NO/c1-9-12(3-2-4-13(9)16)14(18)17-11-7-5-10(15)6-8-11/h2-4,10-11H,5-8H2,1H3,(H,17,18). The van der Waals surface area contributed by atoms with Gasteiger partial charge in [-0.15, -0.1) is 0 Å². The minimum Gasteiger partial charge on any atom is -0.349 e. The van der Waals surface area contributed by atoms with Gasteiger partial charge in [-0.05, 0) is 50.3 Å². The van der Waals surface area contributed by atoms with E-state index in [9.17, 15) is 4.79 Å². The molecule has 1 aliphatic rings. The second-order valence-electron chi connectivity index (χ2n) is 4.83. The maximum atomic E-state index is 12.2. The normalized spacial score (nSPS) is 23.7. The predicted octanol–water partition coefficient (Wildman–Crippen LogP) is 4.19. The number of carbonyl (C=O) groups is 1. The van der Waals surface area contributed by atoms with Crippen LogP contribution in [0.15, 0.2) is 22.7 Å². The predicted molar refractivity (Wildman–Crippen MR) is 81.3 cm³/mol. The molecule has 98 valence electrons. The largest absolute Gasteiger partial charge is 0.349 e. The van der Waals surface area contributed by atoms with E-state index < -0.39 is 0 Å². The Labute approximate surface area is 125 Å². The fraction of sp³-hybridized carbons (Fsp3) is 0.500. The van der Waals surface area contributed by atoms with Gasteiger partial charge in [0.05, 0.1) is 0 Å². The van der Waals surface area contributed by atoms with Crippen LogP contribution in [0.25, 0.3) is 0 Å². The number of amides is 1. The van der Waals surface area contributed by atoms with E-state index in [1.54, 1.807) is 0 Å². The van der Waals surface area contributed by atoms with Crippen LogP contribution < -0.4 is 5.32 Å². The summed E-state index contributed by atoms with van der Waals surface area (Å²) in [6.07, 6.45) is 4.41. The molecule has 1 amide bonds. The first-order chi connectivity index (χ1) is 8.58. The molecule has 2 nitrogen and oxygen atoms in total. The lowest BCUT2D eigenvalue weighted by Gasteiger charge is -2.26. The molecule has 1 aromatic carbocycles. The van der Waals surface area contributed by atoms with Crippen LogP contribution >= 0.6 is 31.9 Å². The van der Waals surface area contributed by atoms with Crippen LogP contribution in [-0.2, 0) is 0 Å². The van der Waals surface area contributed by atoms with Crippen molar-refractivity contribution < 1.29 is 4.79 Å². The maximum Gasteiger partial charge on any atom is 0.251 e. The topological polar surface area (TPSA) is 29.1 Å². The number of benzene rings is 1. The molecule has 0 radical (unpaired) electrons. The van der Waals surface area contributed by atoms with Crippen molar-refractivity contribution in [3.63, 3.8) is 0 Å². The summed E-state index contributed by atoms with van der Waals surface area (Å²) in [7, 11) is 0. The van der Waals surface area contributed by atoms with Gasteiger partial charge in [-0.25, -0.2) is 0 Å². The van der Waals surface area contributed by atoms with Crippen LogP contribution in [0.1, 0.15) is 41.6 Å². The molecule has 18 heavy (non-hydrogen) atoms. The molecular weight excluding hydrogens is 358 g/mol. The molecule has 0 bridgehead atoms. The van der Waals surface area contributed by atoms with E-state index in [1.165, 1.54) is 0 Å². The third-order valence-electron chi connectivity index (χ3n) is 3.50. The number of hydrogen-bond donors (Lipinski definition) is 1. The molecule has 1 fully saturated rings. The van der Waals surface area contributed by atoms with E-state index in [1.807, 2.05) is 25.1 Å². The first-order valence-electron chi connectivity index (χ1n) is 6.28. The van der Waals surface area contributed by atoms with Crippen molar-refractivity contribution in [3.05, 3.63) is 33.8 Å². The van der Waals surface area contributed by atoms with Crippen LogP contribution in [0.3, 0.4) is 0 Å². The Morgan fingerprint density at radius 3 is 2.61 bits per heavy atom. The molecule has 1 saturated carbocycles. The van der Waals surface area contributed by atoms with Gasteiger partial charge in [-0.1, -0.05) is 37.9 Å². The minimum absolute atomic E-state index is 0.0480. The fourth-order valence-corrected chi connectivity index (χ4v) is 3.21. The molecule has 0 heterocycles. The molecule has 1 N–H and O–H groups in total. The number of nitrogens with one attached hydrogen (secondary N) is 1. The van der Waals surface area contributed by atoms with Gasteiger partial charge in [-0.3, -0.25) is 4.79 Å². The highest BCUT2D eigenvalue weighted by Gasteiger charge is 2.21. The molecule has 0 unspecified atom stereocenters. The smallest absolute Gasteiger partial charge is 0.251 e. The van der Waals surface area contributed by atoms with Crippen molar-refractivity contribution in [1.82, 2.24) is 5.32 Å². The Bertz CT molecular complexity index is 439. The lowest BCUT2D eigenvalue weighted by atomic mass is 9.95. The van der Waals surface area contributed by atoms with Crippen LogP contribution in [-0.4, -0.2) is 16.8 Å². The van der Waals surface area contributed by atoms with Crippen molar-refractivity contribution in [1.29, 1.82) is 0 Å². The summed E-state index contributed by atoms with van der Waals surface area (Å²) in [5, 5.41) is 3.14. The van der Waals surface area contributed by atoms with Crippen LogP contribution in [0, 0.1) is 6.92 Å². The zero-order chi connectivity index (χ0) is 13.1. The van der Waals surface area contributed by atoms with Crippen molar-refractivity contribution in [2.45, 2.75) is 43.5 Å². The highest BCUT2D eigenvalue weighted by atomic mass is 79.9. The first-order valence-corrected chi connectivity index (χ1v) is 7.99. The Morgan fingerprint density at radius 2 is 1.94 bits per heavy atom. The molecule has 1 aliphatic carbocycles. The number of alkyl halides is 1. The summed E-state index contributed by atoms with van der Waals surface area (Å²) in [5.74, 6) is 0.0480. The van der Waals surface area contributed by atoms with Crippen molar-refractivity contribution in [3.8, 4) is 0 Å². The van der Waals surface area contributed by atoms with Crippen LogP contribution in [0.4, 0.5) is 0 Å². The molecule has 1 aromatic rings. The molecule has 0 atom stereocenters. The zero-order valence-corrected chi connectivity index (χ0v) is 13.6. The summed E-state index contributed by atoms with van der Waals surface area (Å²) in [4.78, 5) is 12.8. The molecular formula is C14H17Br2NO. The Hall–Kier alpha value is -0.350. The number of rotatable bonds is 2. The minimum atomic E-state index is 0.0480. The summed E-state index contributed by atoms with van der Waals surface area (Å²) in [6, 6.07) is 6.07. The molecule has 0 aliphatic heterocycles. The monoisotopic (exact) mass is 373 g/mol. The van der Waals surface area contributed by atoms with Crippen LogP contribution in [0.2, 0.25) is 0 Å². The van der Waals surface area contributed by atoms with E-state index in [4.69, 9.17) is 0 Å². The Kier molecular flexibility index (Phi) is 4.84. The molecule has 0 spiro atoms. The Morgan fingerprint density at radius 1 is 1.28 bits per heavy atom. The van der Waals surface area contributed by atoms with Gasteiger partial charge in [0.25, 0.3) is 5.91 Å². The van der Waals surface area contributed by atoms with E-state index in [0.29, 0.717) is 10.9 Å². The molecule has 2 rings (SSSR count). The number of hydrogen-bond acceptors (Lipinski definition) is 1. The molecule has 0 aromatic heterocycles. The lowest BCUT2D eigenvalue weighted by Crippen LogP contribution is -2.38. The van der Waals surface area contributed by atoms with Gasteiger partial charge < -0.3 is 5.32 Å². The van der Waals surface area contributed by atoms with E-state index in [-0.39, 0.29) is 5.91 Å². The van der Waals surface area contributed by atoms with Gasteiger partial charge in [0.2, 0.25) is 0 Å². The van der Waals surface area contributed by atoms with Gasteiger partial charge in [0.15, 0.2) is 0 Å². The third-order valence-corrected chi connectivity index (χ3v) is 5.28. The average Bonchev–Trinajstić information content (AvgIpc) is 2.35. The highest BCUT2D eigenvalue weighted by molar-refractivity contribution is 9.10. The van der Waals surface area contributed by atoms with Gasteiger partial charge >= 0.3 is 0 Å². The fourth-order valence-electron chi connectivity index (χ4n) is 2.31. The second kappa shape index (κ2) is 6.20. The number of carbonyl (C=O) groups excluding carboxylic acids is 1. The van der Waals surface area contributed by atoms with E-state index in [2.05, 4.69) is 37.2 Å². The highest BCUT2D eigenvalue weighted by Crippen LogP contribution is 2.25. The van der Waals surface area contributed by atoms with Gasteiger partial charge in [0, 0.05) is 20.9 Å². The summed E-state index contributed by atoms with van der Waals surface area (Å²) >= 11 is 7.09. The van der Waals surface area contributed by atoms with Gasteiger partial charge in [0.1, 0.15) is 0 Å². The third kappa shape index (κ3) is 3.35. The molecule has 0 saturated heterocycles. The first kappa shape index (κ1) is 14.1. The van der Waals surface area contributed by atoms with Crippen molar-refractivity contribution in [2.24, 2.45) is 0 Å². The summed E-state index contributed by atoms with van der Waals surface area (Å²) in [5.41, 5.74) is 1.77. The lowest BCUT2D eigenvalue weighted by molar-refractivity contribution is 0.0927. The SMILES string of the molecule is Cc1c(Br)cccc1C(=O)NC1CCC(Br)CC1. The summed E-state index contributed by atoms with van der Waals surface area (Å²) < 4.78 is 0.985. The maximum absolute atomic E-state index is 12.2. The quantitative estimate of drug-likeness (QED) is 0.772. The zero-order valence-electron chi connectivity index (χ0n) is 10.4. The van der Waals surface area contributed by atoms with E-state index >= 15 is 0 Å². The van der Waals surface area contributed by atoms with Crippen molar-refractivity contribution >= 4 is 37.8 Å². The van der Waals surface area contributed by atoms with E-state index in [0.717, 1.165) is 41.3 Å².